The van der Waals surface area contributed by atoms with E-state index in [1.165, 1.54) is 19.3 Å². The summed E-state index contributed by atoms with van der Waals surface area (Å²) in [7, 11) is 0. The average molecular weight is 427 g/mol. The second-order valence-corrected chi connectivity index (χ2v) is 7.47. The minimum atomic E-state index is -0.145. The van der Waals surface area contributed by atoms with Crippen molar-refractivity contribution in [1.82, 2.24) is 10.2 Å². The first-order chi connectivity index (χ1) is 13.0. The highest BCUT2D eigenvalue weighted by Crippen LogP contribution is 2.26. The zero-order valence-corrected chi connectivity index (χ0v) is 17.9. The molecule has 1 aliphatic rings. The van der Waals surface area contributed by atoms with Gasteiger partial charge in [0.25, 0.3) is 5.91 Å². The topological polar surface area (TPSA) is 54.7 Å². The predicted octanol–water partition coefficient (Wildman–Crippen LogP) is 4.69. The number of nitrogens with one attached hydrogen (secondary N) is 1. The number of rotatable bonds is 7. The lowest BCUT2D eigenvalue weighted by molar-refractivity contribution is -0.123. The molecule has 5 nitrogen and oxygen atoms in total. The summed E-state index contributed by atoms with van der Waals surface area (Å²) in [6, 6.07) is 7.62. The molecule has 2 heterocycles. The number of benzene rings is 1. The summed E-state index contributed by atoms with van der Waals surface area (Å²) in [6.07, 6.45) is 5.32. The number of likely N-dealkylation sites (tertiary alicyclic amines) is 1. The van der Waals surface area contributed by atoms with Crippen LogP contribution in [0.2, 0.25) is 5.02 Å². The van der Waals surface area contributed by atoms with E-state index >= 15 is 0 Å². The van der Waals surface area contributed by atoms with Gasteiger partial charge in [-0.25, -0.2) is 0 Å². The van der Waals surface area contributed by atoms with E-state index in [4.69, 9.17) is 20.8 Å². The molecular weight excluding hydrogens is 399 g/mol. The van der Waals surface area contributed by atoms with Gasteiger partial charge in [0.05, 0.1) is 12.3 Å². The maximum absolute atomic E-state index is 12.3. The molecule has 3 rings (SSSR count). The zero-order chi connectivity index (χ0) is 19.2. The first-order valence-electron chi connectivity index (χ1n) is 9.48. The first-order valence-corrected chi connectivity index (χ1v) is 9.86. The summed E-state index contributed by atoms with van der Waals surface area (Å²) >= 11 is 6.17. The zero-order valence-electron chi connectivity index (χ0n) is 16.4. The molecule has 28 heavy (non-hydrogen) atoms. The third-order valence-corrected chi connectivity index (χ3v) is 5.57. The van der Waals surface area contributed by atoms with Crippen LogP contribution in [0, 0.1) is 13.8 Å². The van der Waals surface area contributed by atoms with E-state index in [-0.39, 0.29) is 31.0 Å². The van der Waals surface area contributed by atoms with Crippen molar-refractivity contribution in [3.8, 4) is 5.75 Å². The maximum Gasteiger partial charge on any atom is 0.258 e. The van der Waals surface area contributed by atoms with E-state index in [2.05, 4.69) is 10.2 Å². The number of ether oxygens (including phenoxy) is 1. The SMILES string of the molecule is Cc1cc(OCC(=O)NCC(c2ccco2)N2CCCCC2)cc(C)c1Cl.Cl. The van der Waals surface area contributed by atoms with E-state index in [9.17, 15) is 4.79 Å². The lowest BCUT2D eigenvalue weighted by Crippen LogP contribution is -2.41. The fourth-order valence-corrected chi connectivity index (χ4v) is 3.63. The van der Waals surface area contributed by atoms with Crippen LogP contribution in [0.15, 0.2) is 34.9 Å². The maximum atomic E-state index is 12.3. The highest BCUT2D eigenvalue weighted by atomic mass is 35.5. The summed E-state index contributed by atoms with van der Waals surface area (Å²) in [5, 5.41) is 3.72. The van der Waals surface area contributed by atoms with Crippen LogP contribution >= 0.6 is 24.0 Å². The molecule has 1 unspecified atom stereocenters. The summed E-state index contributed by atoms with van der Waals surface area (Å²) in [6.45, 7) is 6.39. The number of halogens is 2. The number of amides is 1. The van der Waals surface area contributed by atoms with Gasteiger partial charge in [-0.2, -0.15) is 0 Å². The average Bonchev–Trinajstić information content (AvgIpc) is 3.20. The van der Waals surface area contributed by atoms with Gasteiger partial charge in [-0.05, 0) is 75.2 Å². The summed E-state index contributed by atoms with van der Waals surface area (Å²) in [5.74, 6) is 1.40. The molecule has 1 aromatic heterocycles. The second kappa shape index (κ2) is 10.7. The molecule has 0 bridgehead atoms. The number of nitrogens with zero attached hydrogens (tertiary/aromatic N) is 1. The molecule has 7 heteroatoms. The van der Waals surface area contributed by atoms with Crippen LogP contribution in [0.5, 0.6) is 5.75 Å². The van der Waals surface area contributed by atoms with E-state index in [1.54, 1.807) is 6.26 Å². The van der Waals surface area contributed by atoms with Gasteiger partial charge in [-0.1, -0.05) is 18.0 Å². The van der Waals surface area contributed by atoms with Gasteiger partial charge in [-0.3, -0.25) is 9.69 Å². The molecular formula is C21H28Cl2N2O3. The van der Waals surface area contributed by atoms with Crippen molar-refractivity contribution in [2.75, 3.05) is 26.2 Å². The van der Waals surface area contributed by atoms with Gasteiger partial charge < -0.3 is 14.5 Å². The fraction of sp³-hybridized carbons (Fsp3) is 0.476. The minimum Gasteiger partial charge on any atom is -0.484 e. The number of carbonyl (C=O) groups excluding carboxylic acids is 1. The normalized spacial score (nSPS) is 15.5. The summed E-state index contributed by atoms with van der Waals surface area (Å²) < 4.78 is 11.3. The predicted molar refractivity (Wildman–Crippen MR) is 114 cm³/mol. The lowest BCUT2D eigenvalue weighted by atomic mass is 10.1. The quantitative estimate of drug-likeness (QED) is 0.697. The third kappa shape index (κ3) is 5.90. The number of piperidine rings is 1. The largest absolute Gasteiger partial charge is 0.484 e. The Kier molecular flexibility index (Phi) is 8.67. The van der Waals surface area contributed by atoms with Crippen LogP contribution in [-0.2, 0) is 4.79 Å². The van der Waals surface area contributed by atoms with E-state index in [0.29, 0.717) is 12.3 Å². The monoisotopic (exact) mass is 426 g/mol. The molecule has 1 aromatic carbocycles. The Balaban J connectivity index is 0.00000280. The minimum absolute atomic E-state index is 0. The van der Waals surface area contributed by atoms with Crippen LogP contribution in [0.25, 0.3) is 0 Å². The van der Waals surface area contributed by atoms with Gasteiger partial charge in [0.1, 0.15) is 11.5 Å². The molecule has 1 amide bonds. The molecule has 0 saturated carbocycles. The van der Waals surface area contributed by atoms with Gasteiger partial charge >= 0.3 is 0 Å². The summed E-state index contributed by atoms with van der Waals surface area (Å²) in [5.41, 5.74) is 1.88. The van der Waals surface area contributed by atoms with Gasteiger partial charge in [0.15, 0.2) is 6.61 Å². The molecule has 1 aliphatic heterocycles. The standard InChI is InChI=1S/C21H27ClN2O3.ClH/c1-15-11-17(12-16(2)21(15)22)27-14-20(25)23-13-18(19-7-6-10-26-19)24-8-4-3-5-9-24;/h6-7,10-12,18H,3-5,8-9,13-14H2,1-2H3,(H,23,25);1H. The third-order valence-electron chi connectivity index (χ3n) is 4.98. The van der Waals surface area contributed by atoms with E-state index in [0.717, 1.165) is 35.0 Å². The Bertz CT molecular complexity index is 736. The molecule has 0 spiro atoms. The van der Waals surface area contributed by atoms with Crippen LogP contribution in [0.4, 0.5) is 0 Å². The van der Waals surface area contributed by atoms with Crippen molar-refractivity contribution < 1.29 is 13.9 Å². The molecule has 154 valence electrons. The Hall–Kier alpha value is -1.69. The van der Waals surface area contributed by atoms with Crippen molar-refractivity contribution in [3.63, 3.8) is 0 Å². The highest BCUT2D eigenvalue weighted by Gasteiger charge is 2.24. The number of carbonyl (C=O) groups is 1. The Morgan fingerprint density at radius 1 is 1.25 bits per heavy atom. The molecule has 0 radical (unpaired) electrons. The molecule has 1 saturated heterocycles. The first kappa shape index (κ1) is 22.6. The molecule has 2 aromatic rings. The Labute approximate surface area is 177 Å². The molecule has 1 N–H and O–H groups in total. The van der Waals surface area contributed by atoms with E-state index in [1.807, 2.05) is 38.1 Å². The van der Waals surface area contributed by atoms with Crippen molar-refractivity contribution >= 4 is 29.9 Å². The van der Waals surface area contributed by atoms with Crippen LogP contribution in [0.1, 0.15) is 42.2 Å². The Morgan fingerprint density at radius 3 is 2.54 bits per heavy atom. The number of hydrogen-bond donors (Lipinski definition) is 1. The lowest BCUT2D eigenvalue weighted by Gasteiger charge is -2.33. The molecule has 0 aliphatic carbocycles. The summed E-state index contributed by atoms with van der Waals surface area (Å²) in [4.78, 5) is 14.7. The van der Waals surface area contributed by atoms with Gasteiger partial charge in [0, 0.05) is 11.6 Å². The van der Waals surface area contributed by atoms with Crippen LogP contribution < -0.4 is 10.1 Å². The number of aryl methyl sites for hydroxylation is 2. The van der Waals surface area contributed by atoms with Crippen LogP contribution in [0.3, 0.4) is 0 Å². The molecule has 1 fully saturated rings. The van der Waals surface area contributed by atoms with Crippen molar-refractivity contribution in [3.05, 3.63) is 52.4 Å². The second-order valence-electron chi connectivity index (χ2n) is 7.09. The smallest absolute Gasteiger partial charge is 0.258 e. The highest BCUT2D eigenvalue weighted by molar-refractivity contribution is 6.32. The molecule has 1 atom stereocenters. The number of furan rings is 1. The van der Waals surface area contributed by atoms with Gasteiger partial charge in [0.2, 0.25) is 0 Å². The van der Waals surface area contributed by atoms with Gasteiger partial charge in [-0.15, -0.1) is 12.4 Å². The Morgan fingerprint density at radius 2 is 1.93 bits per heavy atom. The fourth-order valence-electron chi connectivity index (χ4n) is 3.52. The number of hydrogen-bond acceptors (Lipinski definition) is 4. The van der Waals surface area contributed by atoms with Crippen molar-refractivity contribution in [2.24, 2.45) is 0 Å². The van der Waals surface area contributed by atoms with Crippen LogP contribution in [-0.4, -0.2) is 37.0 Å². The van der Waals surface area contributed by atoms with E-state index < -0.39 is 0 Å². The van der Waals surface area contributed by atoms with Crippen molar-refractivity contribution in [2.45, 2.75) is 39.2 Å². The van der Waals surface area contributed by atoms with Crippen molar-refractivity contribution in [1.29, 1.82) is 0 Å².